The molecule has 0 unspecified atom stereocenters. The Kier molecular flexibility index (Phi) is 4.49. The molecule has 0 aliphatic rings. The van der Waals surface area contributed by atoms with E-state index in [1.807, 2.05) is 0 Å². The van der Waals surface area contributed by atoms with Gasteiger partial charge in [0.25, 0.3) is 0 Å². The number of aromatic nitrogens is 1. The van der Waals surface area contributed by atoms with E-state index in [1.165, 1.54) is 13.8 Å². The molecule has 0 aromatic carbocycles. The van der Waals surface area contributed by atoms with Crippen LogP contribution in [0.25, 0.3) is 0 Å². The molecule has 0 atom stereocenters. The van der Waals surface area contributed by atoms with E-state index in [2.05, 4.69) is 9.71 Å². The lowest BCUT2D eigenvalue weighted by Crippen LogP contribution is -2.27. The van der Waals surface area contributed by atoms with Crippen LogP contribution in [0.3, 0.4) is 0 Å². The van der Waals surface area contributed by atoms with Crippen molar-refractivity contribution in [1.82, 2.24) is 9.71 Å². The Morgan fingerprint density at radius 1 is 1.44 bits per heavy atom. The van der Waals surface area contributed by atoms with Crippen molar-refractivity contribution < 1.29 is 18.3 Å². The van der Waals surface area contributed by atoms with Crippen LogP contribution in [0.15, 0.2) is 4.90 Å². The van der Waals surface area contributed by atoms with Gasteiger partial charge in [0.05, 0.1) is 0 Å². The maximum Gasteiger partial charge on any atom is 0.352 e. The quantitative estimate of drug-likeness (QED) is 0.542. The minimum atomic E-state index is -3.71. The molecular formula is C10H17N3O4S. The molecular weight excluding hydrogens is 258 g/mol. The SMILES string of the molecule is Cc1[nH]c(C(=O)O)c(C)c1S(=O)(=O)NCCCN. The average molecular weight is 275 g/mol. The molecule has 0 saturated carbocycles. The van der Waals surface area contributed by atoms with Gasteiger partial charge >= 0.3 is 5.97 Å². The molecule has 1 heterocycles. The summed E-state index contributed by atoms with van der Waals surface area (Å²) in [5, 5.41) is 8.92. The van der Waals surface area contributed by atoms with Gasteiger partial charge in [-0.2, -0.15) is 0 Å². The summed E-state index contributed by atoms with van der Waals surface area (Å²) >= 11 is 0. The highest BCUT2D eigenvalue weighted by Gasteiger charge is 2.25. The summed E-state index contributed by atoms with van der Waals surface area (Å²) in [5.41, 5.74) is 5.70. The molecule has 0 amide bonds. The number of nitrogens with one attached hydrogen (secondary N) is 2. The number of rotatable bonds is 6. The first-order valence-electron chi connectivity index (χ1n) is 5.43. The number of sulfonamides is 1. The molecule has 8 heteroatoms. The van der Waals surface area contributed by atoms with Crippen LogP contribution in [-0.4, -0.2) is 37.6 Å². The summed E-state index contributed by atoms with van der Waals surface area (Å²) < 4.78 is 26.4. The van der Waals surface area contributed by atoms with Gasteiger partial charge in [-0.3, -0.25) is 0 Å². The predicted octanol–water partition coefficient (Wildman–Crippen LogP) is -0.0432. The molecule has 5 N–H and O–H groups in total. The Bertz CT molecular complexity index is 548. The fourth-order valence-electron chi connectivity index (χ4n) is 1.73. The van der Waals surface area contributed by atoms with E-state index in [0.717, 1.165) is 0 Å². The minimum Gasteiger partial charge on any atom is -0.477 e. The Hall–Kier alpha value is -1.38. The van der Waals surface area contributed by atoms with E-state index in [0.29, 0.717) is 18.7 Å². The number of aromatic amines is 1. The first-order chi connectivity index (χ1) is 8.31. The number of H-pyrrole nitrogens is 1. The van der Waals surface area contributed by atoms with Gasteiger partial charge in [-0.1, -0.05) is 0 Å². The van der Waals surface area contributed by atoms with Crippen LogP contribution in [0.2, 0.25) is 0 Å². The zero-order valence-electron chi connectivity index (χ0n) is 10.3. The number of carboxylic acids is 1. The van der Waals surface area contributed by atoms with E-state index >= 15 is 0 Å². The molecule has 1 rings (SSSR count). The fourth-order valence-corrected chi connectivity index (χ4v) is 3.25. The van der Waals surface area contributed by atoms with Crippen molar-refractivity contribution >= 4 is 16.0 Å². The highest BCUT2D eigenvalue weighted by atomic mass is 32.2. The van der Waals surface area contributed by atoms with Crippen LogP contribution < -0.4 is 10.5 Å². The summed E-state index contributed by atoms with van der Waals surface area (Å²) in [6.07, 6.45) is 0.521. The average Bonchev–Trinajstić information content (AvgIpc) is 2.55. The van der Waals surface area contributed by atoms with Crippen molar-refractivity contribution in [2.45, 2.75) is 25.2 Å². The third-order valence-electron chi connectivity index (χ3n) is 2.52. The molecule has 0 aliphatic carbocycles. The highest BCUT2D eigenvalue weighted by molar-refractivity contribution is 7.89. The molecule has 0 saturated heterocycles. The largest absolute Gasteiger partial charge is 0.477 e. The van der Waals surface area contributed by atoms with Crippen LogP contribution >= 0.6 is 0 Å². The Morgan fingerprint density at radius 3 is 2.50 bits per heavy atom. The molecule has 0 spiro atoms. The van der Waals surface area contributed by atoms with E-state index < -0.39 is 16.0 Å². The highest BCUT2D eigenvalue weighted by Crippen LogP contribution is 2.22. The topological polar surface area (TPSA) is 125 Å². The second-order valence-electron chi connectivity index (χ2n) is 3.92. The number of nitrogens with two attached hydrogens (primary N) is 1. The van der Waals surface area contributed by atoms with Gasteiger partial charge in [0.15, 0.2) is 0 Å². The number of hydrogen-bond donors (Lipinski definition) is 4. The van der Waals surface area contributed by atoms with Crippen molar-refractivity contribution in [3.05, 3.63) is 17.0 Å². The molecule has 1 aromatic rings. The van der Waals surface area contributed by atoms with Gasteiger partial charge in [-0.15, -0.1) is 0 Å². The Labute approximate surface area is 105 Å². The van der Waals surface area contributed by atoms with Crippen molar-refractivity contribution in [1.29, 1.82) is 0 Å². The third-order valence-corrected chi connectivity index (χ3v) is 4.26. The van der Waals surface area contributed by atoms with Crippen LogP contribution in [-0.2, 0) is 10.0 Å². The summed E-state index contributed by atoms with van der Waals surface area (Å²) in [5.74, 6) is -1.18. The number of aryl methyl sites for hydroxylation is 1. The summed E-state index contributed by atoms with van der Waals surface area (Å²) in [6.45, 7) is 3.60. The summed E-state index contributed by atoms with van der Waals surface area (Å²) in [7, 11) is -3.71. The first-order valence-corrected chi connectivity index (χ1v) is 6.91. The second-order valence-corrected chi connectivity index (χ2v) is 5.63. The van der Waals surface area contributed by atoms with Gasteiger partial charge in [-0.25, -0.2) is 17.9 Å². The van der Waals surface area contributed by atoms with Crippen LogP contribution in [0.4, 0.5) is 0 Å². The van der Waals surface area contributed by atoms with Gasteiger partial charge < -0.3 is 15.8 Å². The van der Waals surface area contributed by atoms with Crippen LogP contribution in [0, 0.1) is 13.8 Å². The number of hydrogen-bond acceptors (Lipinski definition) is 4. The lowest BCUT2D eigenvalue weighted by molar-refractivity contribution is 0.0690. The zero-order chi connectivity index (χ0) is 13.9. The lowest BCUT2D eigenvalue weighted by atomic mass is 10.2. The van der Waals surface area contributed by atoms with E-state index in [4.69, 9.17) is 10.8 Å². The fraction of sp³-hybridized carbons (Fsp3) is 0.500. The Balaban J connectivity index is 3.13. The van der Waals surface area contributed by atoms with Crippen molar-refractivity contribution in [3.63, 3.8) is 0 Å². The third kappa shape index (κ3) is 2.89. The van der Waals surface area contributed by atoms with Gasteiger partial charge in [0, 0.05) is 17.8 Å². The van der Waals surface area contributed by atoms with Gasteiger partial charge in [0.2, 0.25) is 10.0 Å². The number of carboxylic acid groups (broad SMARTS) is 1. The van der Waals surface area contributed by atoms with Gasteiger partial charge in [0.1, 0.15) is 10.6 Å². The summed E-state index contributed by atoms with van der Waals surface area (Å²) in [4.78, 5) is 13.5. The second kappa shape index (κ2) is 5.51. The van der Waals surface area contributed by atoms with E-state index in [9.17, 15) is 13.2 Å². The standard InChI is InChI=1S/C10H17N3O4S/c1-6-8(10(14)15)13-7(2)9(6)18(16,17)12-5-3-4-11/h12-13H,3-5,11H2,1-2H3,(H,14,15). The van der Waals surface area contributed by atoms with Crippen LogP contribution in [0.1, 0.15) is 28.2 Å². The molecule has 7 nitrogen and oxygen atoms in total. The van der Waals surface area contributed by atoms with E-state index in [1.54, 1.807) is 0 Å². The molecule has 1 aromatic heterocycles. The van der Waals surface area contributed by atoms with Crippen LogP contribution in [0.5, 0.6) is 0 Å². The van der Waals surface area contributed by atoms with Gasteiger partial charge in [-0.05, 0) is 26.8 Å². The van der Waals surface area contributed by atoms with Crippen molar-refractivity contribution in [2.75, 3.05) is 13.1 Å². The minimum absolute atomic E-state index is 0.00285. The maximum atomic E-state index is 12.0. The van der Waals surface area contributed by atoms with Crippen molar-refractivity contribution in [3.8, 4) is 0 Å². The van der Waals surface area contributed by atoms with Crippen molar-refractivity contribution in [2.24, 2.45) is 5.73 Å². The summed E-state index contributed by atoms with van der Waals surface area (Å²) in [6, 6.07) is 0. The molecule has 0 radical (unpaired) electrons. The molecule has 0 bridgehead atoms. The smallest absolute Gasteiger partial charge is 0.352 e. The molecule has 0 aliphatic heterocycles. The maximum absolute atomic E-state index is 12.0. The predicted molar refractivity (Wildman–Crippen MR) is 66.1 cm³/mol. The molecule has 0 fully saturated rings. The first kappa shape index (κ1) is 14.7. The Morgan fingerprint density at radius 2 is 2.06 bits per heavy atom. The lowest BCUT2D eigenvalue weighted by Gasteiger charge is -2.06. The normalized spacial score (nSPS) is 11.7. The monoisotopic (exact) mass is 275 g/mol. The zero-order valence-corrected chi connectivity index (χ0v) is 11.1. The number of carbonyl (C=O) groups is 1. The number of aromatic carboxylic acids is 1. The van der Waals surface area contributed by atoms with E-state index in [-0.39, 0.29) is 22.7 Å². The molecule has 18 heavy (non-hydrogen) atoms. The molecule has 102 valence electrons.